The van der Waals surface area contributed by atoms with Crippen molar-refractivity contribution in [1.82, 2.24) is 0 Å². The second kappa shape index (κ2) is 6.64. The van der Waals surface area contributed by atoms with Gasteiger partial charge in [-0.25, -0.2) is 4.90 Å². The summed E-state index contributed by atoms with van der Waals surface area (Å²) in [6.45, 7) is 0. The molecular weight excluding hydrogens is 328 g/mol. The minimum absolute atomic E-state index is 0.115. The minimum atomic E-state index is -0.195. The molecule has 130 valence electrons. The van der Waals surface area contributed by atoms with Gasteiger partial charge in [0.1, 0.15) is 5.75 Å². The molecule has 1 aliphatic carbocycles. The number of ether oxygens (including phenoxy) is 1. The van der Waals surface area contributed by atoms with Crippen LogP contribution in [0.2, 0.25) is 0 Å². The van der Waals surface area contributed by atoms with Crippen molar-refractivity contribution in [2.24, 2.45) is 11.8 Å². The second-order valence-electron chi connectivity index (χ2n) is 6.72. The smallest absolute Gasteiger partial charge is 0.237 e. The van der Waals surface area contributed by atoms with E-state index in [9.17, 15) is 9.59 Å². The van der Waals surface area contributed by atoms with Crippen LogP contribution in [0.15, 0.2) is 48.5 Å². The van der Waals surface area contributed by atoms with Crippen molar-refractivity contribution in [3.05, 3.63) is 54.1 Å². The topological polar surface area (TPSA) is 70.4 Å². The predicted octanol–water partition coefficient (Wildman–Crippen LogP) is 4.03. The molecular formula is C21H18N2O3. The first-order chi connectivity index (χ1) is 12.7. The van der Waals surface area contributed by atoms with Gasteiger partial charge in [-0.3, -0.25) is 9.59 Å². The number of imide groups is 1. The van der Waals surface area contributed by atoms with E-state index < -0.39 is 0 Å². The van der Waals surface area contributed by atoms with E-state index >= 15 is 0 Å². The van der Waals surface area contributed by atoms with Crippen LogP contribution in [0.3, 0.4) is 0 Å². The van der Waals surface area contributed by atoms with Gasteiger partial charge in [0.2, 0.25) is 11.8 Å². The summed E-state index contributed by atoms with van der Waals surface area (Å²) in [6, 6.07) is 15.9. The average Bonchev–Trinajstić information content (AvgIpc) is 2.94. The highest BCUT2D eigenvalue weighted by Crippen LogP contribution is 2.43. The molecule has 4 rings (SSSR count). The molecule has 2 aliphatic rings. The number of hydrogen-bond acceptors (Lipinski definition) is 4. The van der Waals surface area contributed by atoms with E-state index in [2.05, 4.69) is 6.07 Å². The zero-order chi connectivity index (χ0) is 18.1. The Hall–Kier alpha value is -3.13. The zero-order valence-corrected chi connectivity index (χ0v) is 14.2. The fraction of sp³-hybridized carbons (Fsp3) is 0.286. The van der Waals surface area contributed by atoms with Crippen LogP contribution in [0, 0.1) is 23.2 Å². The lowest BCUT2D eigenvalue weighted by Crippen LogP contribution is -2.31. The number of benzene rings is 2. The van der Waals surface area contributed by atoms with Crippen molar-refractivity contribution >= 4 is 17.5 Å². The number of para-hydroxylation sites is 2. The molecule has 1 aliphatic heterocycles. The Morgan fingerprint density at radius 2 is 1.54 bits per heavy atom. The first kappa shape index (κ1) is 16.3. The normalized spacial score (nSPS) is 22.0. The molecule has 5 nitrogen and oxygen atoms in total. The van der Waals surface area contributed by atoms with Crippen LogP contribution in [0.5, 0.6) is 11.5 Å². The number of carbonyl (C=O) groups is 2. The van der Waals surface area contributed by atoms with Gasteiger partial charge in [0.05, 0.1) is 29.2 Å². The number of rotatable bonds is 3. The maximum absolute atomic E-state index is 12.9. The molecule has 5 heteroatoms. The van der Waals surface area contributed by atoms with Crippen LogP contribution in [0.1, 0.15) is 31.2 Å². The molecule has 26 heavy (non-hydrogen) atoms. The van der Waals surface area contributed by atoms with Crippen molar-refractivity contribution < 1.29 is 14.3 Å². The van der Waals surface area contributed by atoms with Crippen LogP contribution >= 0.6 is 0 Å². The highest BCUT2D eigenvalue weighted by Gasteiger charge is 2.49. The van der Waals surface area contributed by atoms with Crippen LogP contribution in [0.25, 0.3) is 0 Å². The lowest BCUT2D eigenvalue weighted by atomic mass is 9.81. The third-order valence-electron chi connectivity index (χ3n) is 5.16. The average molecular weight is 346 g/mol. The number of nitrogens with zero attached hydrogens (tertiary/aromatic N) is 2. The van der Waals surface area contributed by atoms with Crippen LogP contribution in [-0.2, 0) is 9.59 Å². The van der Waals surface area contributed by atoms with E-state index in [1.807, 2.05) is 0 Å². The first-order valence-electron chi connectivity index (χ1n) is 8.84. The van der Waals surface area contributed by atoms with Crippen LogP contribution in [0.4, 0.5) is 5.69 Å². The number of amides is 2. The Balaban J connectivity index is 1.66. The summed E-state index contributed by atoms with van der Waals surface area (Å²) in [4.78, 5) is 27.0. The first-order valence-corrected chi connectivity index (χ1v) is 8.84. The molecule has 1 heterocycles. The van der Waals surface area contributed by atoms with Gasteiger partial charge < -0.3 is 4.74 Å². The fourth-order valence-corrected chi connectivity index (χ4v) is 3.85. The Bertz CT molecular complexity index is 874. The lowest BCUT2D eigenvalue weighted by molar-refractivity contribution is -0.122. The van der Waals surface area contributed by atoms with Crippen molar-refractivity contribution in [2.45, 2.75) is 25.7 Å². The standard InChI is InChI=1S/C21H18N2O3/c22-13-14-9-11-15(12-10-14)26-19-8-4-3-7-18(19)23-20(24)16-5-1-2-6-17(16)21(23)25/h3-4,7-12,16-17H,1-2,5-6H2/t16-,17+. The van der Waals surface area contributed by atoms with Crippen LogP contribution < -0.4 is 9.64 Å². The SMILES string of the molecule is N#Cc1ccc(Oc2ccccc2N2C(=O)[C@H]3CCCC[C@H]3C2=O)cc1. The molecule has 2 aromatic rings. The van der Waals surface area contributed by atoms with Gasteiger partial charge in [-0.05, 0) is 49.2 Å². The molecule has 0 aromatic heterocycles. The maximum Gasteiger partial charge on any atom is 0.237 e. The quantitative estimate of drug-likeness (QED) is 0.787. The highest BCUT2D eigenvalue weighted by atomic mass is 16.5. The molecule has 0 spiro atoms. The van der Waals surface area contributed by atoms with E-state index in [0.717, 1.165) is 25.7 Å². The summed E-state index contributed by atoms with van der Waals surface area (Å²) in [7, 11) is 0. The van der Waals surface area contributed by atoms with Gasteiger partial charge in [0.25, 0.3) is 0 Å². The number of carbonyl (C=O) groups excluding carboxylic acids is 2. The predicted molar refractivity (Wildman–Crippen MR) is 95.6 cm³/mol. The maximum atomic E-state index is 12.9. The zero-order valence-electron chi connectivity index (χ0n) is 14.2. The van der Waals surface area contributed by atoms with Gasteiger partial charge >= 0.3 is 0 Å². The molecule has 2 aromatic carbocycles. The molecule has 0 N–H and O–H groups in total. The molecule has 0 bridgehead atoms. The minimum Gasteiger partial charge on any atom is -0.455 e. The van der Waals surface area contributed by atoms with Crippen LogP contribution in [-0.4, -0.2) is 11.8 Å². The van der Waals surface area contributed by atoms with Gasteiger partial charge in [-0.1, -0.05) is 25.0 Å². The summed E-state index contributed by atoms with van der Waals surface area (Å²) in [6.07, 6.45) is 3.56. The summed E-state index contributed by atoms with van der Waals surface area (Å²) < 4.78 is 5.92. The van der Waals surface area contributed by atoms with E-state index in [-0.39, 0.29) is 23.7 Å². The Morgan fingerprint density at radius 3 is 2.15 bits per heavy atom. The second-order valence-corrected chi connectivity index (χ2v) is 6.72. The van der Waals surface area contributed by atoms with Gasteiger partial charge in [0, 0.05) is 0 Å². The monoisotopic (exact) mass is 346 g/mol. The van der Waals surface area contributed by atoms with Gasteiger partial charge in [-0.15, -0.1) is 0 Å². The number of fused-ring (bicyclic) bond motifs is 1. The third-order valence-corrected chi connectivity index (χ3v) is 5.16. The van der Waals surface area contributed by atoms with E-state index in [1.165, 1.54) is 4.90 Å². The van der Waals surface area contributed by atoms with Gasteiger partial charge in [-0.2, -0.15) is 5.26 Å². The number of anilines is 1. The van der Waals surface area contributed by atoms with E-state index in [1.54, 1.807) is 48.5 Å². The van der Waals surface area contributed by atoms with Crippen molar-refractivity contribution in [2.75, 3.05) is 4.90 Å². The van der Waals surface area contributed by atoms with Crippen molar-refractivity contribution in [3.63, 3.8) is 0 Å². The Morgan fingerprint density at radius 1 is 0.923 bits per heavy atom. The largest absolute Gasteiger partial charge is 0.455 e. The molecule has 0 radical (unpaired) electrons. The van der Waals surface area contributed by atoms with E-state index in [0.29, 0.717) is 22.7 Å². The summed E-state index contributed by atoms with van der Waals surface area (Å²) in [5.41, 5.74) is 1.03. The molecule has 1 saturated heterocycles. The summed E-state index contributed by atoms with van der Waals surface area (Å²) in [5, 5.41) is 8.89. The van der Waals surface area contributed by atoms with E-state index in [4.69, 9.17) is 10.00 Å². The Labute approximate surface area is 151 Å². The molecule has 0 unspecified atom stereocenters. The number of hydrogen-bond donors (Lipinski definition) is 0. The summed E-state index contributed by atoms with van der Waals surface area (Å²) >= 11 is 0. The molecule has 1 saturated carbocycles. The van der Waals surface area contributed by atoms with Gasteiger partial charge in [0.15, 0.2) is 5.75 Å². The van der Waals surface area contributed by atoms with Crippen molar-refractivity contribution in [1.29, 1.82) is 5.26 Å². The van der Waals surface area contributed by atoms with Crippen molar-refractivity contribution in [3.8, 4) is 17.6 Å². The third kappa shape index (κ3) is 2.74. The lowest BCUT2D eigenvalue weighted by Gasteiger charge is -2.19. The highest BCUT2D eigenvalue weighted by molar-refractivity contribution is 6.22. The molecule has 2 amide bonds. The molecule has 2 atom stereocenters. The fourth-order valence-electron chi connectivity index (χ4n) is 3.85. The Kier molecular flexibility index (Phi) is 4.18. The summed E-state index contributed by atoms with van der Waals surface area (Å²) in [5.74, 6) is 0.384. The molecule has 2 fully saturated rings. The number of nitriles is 1.